The molecule has 6 heteroatoms. The van der Waals surface area contributed by atoms with Crippen LogP contribution in [0.25, 0.3) is 0 Å². The number of aliphatic hydroxyl groups excluding tert-OH is 1. The molecule has 2 aromatic rings. The minimum atomic E-state index is -0.539. The van der Waals surface area contributed by atoms with E-state index in [4.69, 9.17) is 16.3 Å². The molecule has 0 spiro atoms. The summed E-state index contributed by atoms with van der Waals surface area (Å²) < 4.78 is 5.60. The predicted octanol–water partition coefficient (Wildman–Crippen LogP) is 2.30. The highest BCUT2D eigenvalue weighted by Crippen LogP contribution is 2.23. The van der Waals surface area contributed by atoms with E-state index in [-0.39, 0.29) is 6.61 Å². The van der Waals surface area contributed by atoms with Gasteiger partial charge >= 0.3 is 0 Å². The van der Waals surface area contributed by atoms with Gasteiger partial charge in [0.1, 0.15) is 24.3 Å². The maximum Gasteiger partial charge on any atom is 0.138 e. The van der Waals surface area contributed by atoms with Crippen LogP contribution in [-0.2, 0) is 0 Å². The molecule has 1 aliphatic rings. The Labute approximate surface area is 147 Å². The lowest BCUT2D eigenvalue weighted by atomic mass is 10.2. The van der Waals surface area contributed by atoms with Crippen molar-refractivity contribution in [1.29, 1.82) is 0 Å². The largest absolute Gasteiger partial charge is 0.489 e. The molecule has 1 aromatic carbocycles. The molecule has 24 heavy (non-hydrogen) atoms. The molecule has 1 fully saturated rings. The molecular weight excluding hydrogens is 326 g/mol. The Morgan fingerprint density at radius 3 is 2.54 bits per heavy atom. The third-order valence-corrected chi connectivity index (χ3v) is 4.39. The predicted molar refractivity (Wildman–Crippen MR) is 95.8 cm³/mol. The monoisotopic (exact) mass is 347 g/mol. The van der Waals surface area contributed by atoms with Crippen LogP contribution in [0.15, 0.2) is 48.7 Å². The van der Waals surface area contributed by atoms with Crippen molar-refractivity contribution < 1.29 is 9.84 Å². The topological polar surface area (TPSA) is 48.8 Å². The van der Waals surface area contributed by atoms with Gasteiger partial charge in [0.15, 0.2) is 0 Å². The molecule has 3 rings (SSSR count). The summed E-state index contributed by atoms with van der Waals surface area (Å²) in [6, 6.07) is 13.3. The summed E-state index contributed by atoms with van der Waals surface area (Å²) in [5.41, 5.74) is 0. The van der Waals surface area contributed by atoms with Crippen LogP contribution in [0.1, 0.15) is 0 Å². The fourth-order valence-corrected chi connectivity index (χ4v) is 2.99. The number of para-hydroxylation sites is 1. The van der Waals surface area contributed by atoms with Gasteiger partial charge in [-0.1, -0.05) is 29.8 Å². The van der Waals surface area contributed by atoms with Crippen molar-refractivity contribution >= 4 is 17.4 Å². The number of rotatable bonds is 6. The van der Waals surface area contributed by atoms with Crippen molar-refractivity contribution in [3.05, 3.63) is 53.7 Å². The molecule has 0 saturated carbocycles. The fourth-order valence-electron chi connectivity index (χ4n) is 2.80. The third-order valence-electron chi connectivity index (χ3n) is 4.08. The van der Waals surface area contributed by atoms with Gasteiger partial charge < -0.3 is 14.7 Å². The normalized spacial score (nSPS) is 16.8. The first-order chi connectivity index (χ1) is 11.7. The SMILES string of the molecule is O[C@H](COc1ccccc1Cl)CN1CCN(c2ccccn2)CC1. The number of anilines is 1. The summed E-state index contributed by atoms with van der Waals surface area (Å²) in [5.74, 6) is 1.62. The molecule has 1 aliphatic heterocycles. The number of piperazine rings is 1. The van der Waals surface area contributed by atoms with Crippen LogP contribution >= 0.6 is 11.6 Å². The smallest absolute Gasteiger partial charge is 0.138 e. The van der Waals surface area contributed by atoms with Gasteiger partial charge in [-0.2, -0.15) is 0 Å². The van der Waals surface area contributed by atoms with Crippen LogP contribution in [0.5, 0.6) is 5.75 Å². The van der Waals surface area contributed by atoms with Crippen LogP contribution in [-0.4, -0.2) is 60.4 Å². The number of pyridine rings is 1. The van der Waals surface area contributed by atoms with Crippen LogP contribution in [0.2, 0.25) is 5.02 Å². The Morgan fingerprint density at radius 2 is 1.83 bits per heavy atom. The van der Waals surface area contributed by atoms with Gasteiger partial charge in [-0.15, -0.1) is 0 Å². The Morgan fingerprint density at radius 1 is 1.08 bits per heavy atom. The van der Waals surface area contributed by atoms with Crippen LogP contribution in [0, 0.1) is 0 Å². The Kier molecular flexibility index (Phi) is 5.91. The summed E-state index contributed by atoms with van der Waals surface area (Å²) >= 11 is 6.05. The van der Waals surface area contributed by atoms with E-state index in [0.29, 0.717) is 17.3 Å². The summed E-state index contributed by atoms with van der Waals surface area (Å²) in [4.78, 5) is 8.90. The van der Waals surface area contributed by atoms with Gasteiger partial charge in [-0.3, -0.25) is 4.90 Å². The number of benzene rings is 1. The summed E-state index contributed by atoms with van der Waals surface area (Å²) in [6.45, 7) is 4.47. The van der Waals surface area contributed by atoms with Crippen molar-refractivity contribution in [2.75, 3.05) is 44.2 Å². The lowest BCUT2D eigenvalue weighted by Crippen LogP contribution is -2.49. The van der Waals surface area contributed by atoms with Gasteiger partial charge in [-0.25, -0.2) is 4.98 Å². The van der Waals surface area contributed by atoms with E-state index >= 15 is 0 Å². The number of ether oxygens (including phenoxy) is 1. The molecule has 1 aromatic heterocycles. The zero-order valence-electron chi connectivity index (χ0n) is 13.5. The molecule has 0 aliphatic carbocycles. The molecule has 1 N–H and O–H groups in total. The van der Waals surface area contributed by atoms with Crippen molar-refractivity contribution in [2.24, 2.45) is 0 Å². The fraction of sp³-hybridized carbons (Fsp3) is 0.389. The first-order valence-corrected chi connectivity index (χ1v) is 8.54. The van der Waals surface area contributed by atoms with E-state index in [2.05, 4.69) is 14.8 Å². The summed E-state index contributed by atoms with van der Waals surface area (Å²) in [6.07, 6.45) is 1.28. The van der Waals surface area contributed by atoms with E-state index in [9.17, 15) is 5.11 Å². The molecular formula is C18H22ClN3O2. The van der Waals surface area contributed by atoms with Crippen molar-refractivity contribution in [3.8, 4) is 5.75 Å². The number of hydrogen-bond acceptors (Lipinski definition) is 5. The Bertz CT molecular complexity index is 633. The third kappa shape index (κ3) is 4.60. The average Bonchev–Trinajstić information content (AvgIpc) is 2.62. The zero-order chi connectivity index (χ0) is 16.8. The van der Waals surface area contributed by atoms with Crippen LogP contribution < -0.4 is 9.64 Å². The number of aliphatic hydroxyl groups is 1. The maximum atomic E-state index is 10.2. The molecule has 1 saturated heterocycles. The molecule has 5 nitrogen and oxygen atoms in total. The molecule has 0 radical (unpaired) electrons. The standard InChI is InChI=1S/C18H22ClN3O2/c19-16-5-1-2-6-17(16)24-14-15(23)13-21-9-11-22(12-10-21)18-7-3-4-8-20-18/h1-8,15,23H,9-14H2/t15-/m0/s1. The van der Waals surface area contributed by atoms with Gasteiger partial charge in [-0.05, 0) is 24.3 Å². The minimum Gasteiger partial charge on any atom is -0.489 e. The van der Waals surface area contributed by atoms with E-state index < -0.39 is 6.10 Å². The van der Waals surface area contributed by atoms with E-state index in [1.165, 1.54) is 0 Å². The van der Waals surface area contributed by atoms with Crippen molar-refractivity contribution in [1.82, 2.24) is 9.88 Å². The van der Waals surface area contributed by atoms with E-state index in [1.54, 1.807) is 12.1 Å². The maximum absolute atomic E-state index is 10.2. The lowest BCUT2D eigenvalue weighted by molar-refractivity contribution is 0.0663. The number of halogens is 1. The second-order valence-corrected chi connectivity index (χ2v) is 6.28. The minimum absolute atomic E-state index is 0.240. The van der Waals surface area contributed by atoms with Gasteiger partial charge in [0.2, 0.25) is 0 Å². The highest BCUT2D eigenvalue weighted by Gasteiger charge is 2.20. The Balaban J connectivity index is 1.42. The average molecular weight is 348 g/mol. The Hall–Kier alpha value is -1.82. The van der Waals surface area contributed by atoms with Crippen LogP contribution in [0.4, 0.5) is 5.82 Å². The summed E-state index contributed by atoms with van der Waals surface area (Å²) in [5, 5.41) is 10.8. The highest BCUT2D eigenvalue weighted by molar-refractivity contribution is 6.32. The number of hydrogen-bond donors (Lipinski definition) is 1. The highest BCUT2D eigenvalue weighted by atomic mass is 35.5. The van der Waals surface area contributed by atoms with Gasteiger partial charge in [0.05, 0.1) is 5.02 Å². The quantitative estimate of drug-likeness (QED) is 0.869. The van der Waals surface area contributed by atoms with E-state index in [0.717, 1.165) is 32.0 Å². The molecule has 0 amide bonds. The van der Waals surface area contributed by atoms with Crippen molar-refractivity contribution in [3.63, 3.8) is 0 Å². The number of nitrogens with zero attached hydrogens (tertiary/aromatic N) is 3. The van der Waals surface area contributed by atoms with Crippen LogP contribution in [0.3, 0.4) is 0 Å². The lowest BCUT2D eigenvalue weighted by Gasteiger charge is -2.36. The van der Waals surface area contributed by atoms with Crippen molar-refractivity contribution in [2.45, 2.75) is 6.10 Å². The molecule has 1 atom stereocenters. The summed E-state index contributed by atoms with van der Waals surface area (Å²) in [7, 11) is 0. The molecule has 0 bridgehead atoms. The number of β-amino-alcohol motifs (C(OH)–C–C–N with tert-alkyl or cyclic N) is 1. The first-order valence-electron chi connectivity index (χ1n) is 8.16. The molecule has 2 heterocycles. The molecule has 128 valence electrons. The van der Waals surface area contributed by atoms with Gasteiger partial charge in [0, 0.05) is 38.9 Å². The first kappa shape index (κ1) is 17.0. The van der Waals surface area contributed by atoms with Gasteiger partial charge in [0.25, 0.3) is 0 Å². The zero-order valence-corrected chi connectivity index (χ0v) is 14.3. The van der Waals surface area contributed by atoms with E-state index in [1.807, 2.05) is 36.5 Å². The number of aromatic nitrogens is 1. The molecule has 0 unspecified atom stereocenters. The second-order valence-electron chi connectivity index (χ2n) is 5.87. The second kappa shape index (κ2) is 8.33.